The molecular weight excluding hydrogens is 288 g/mol. The van der Waals surface area contributed by atoms with Gasteiger partial charge in [0.2, 0.25) is 0 Å². The van der Waals surface area contributed by atoms with E-state index >= 15 is 0 Å². The molecule has 2 aromatic rings. The lowest BCUT2D eigenvalue weighted by Gasteiger charge is -2.28. The van der Waals surface area contributed by atoms with Gasteiger partial charge in [0, 0.05) is 25.0 Å². The van der Waals surface area contributed by atoms with Crippen molar-refractivity contribution < 1.29 is 4.79 Å². The zero-order valence-corrected chi connectivity index (χ0v) is 13.8. The van der Waals surface area contributed by atoms with E-state index in [2.05, 4.69) is 34.0 Å². The van der Waals surface area contributed by atoms with Crippen molar-refractivity contribution in [1.82, 2.24) is 9.97 Å². The molecule has 23 heavy (non-hydrogen) atoms. The second-order valence-corrected chi connectivity index (χ2v) is 6.36. The van der Waals surface area contributed by atoms with E-state index in [-0.39, 0.29) is 11.8 Å². The number of rotatable bonds is 4. The van der Waals surface area contributed by atoms with Gasteiger partial charge in [0.1, 0.15) is 5.82 Å². The Morgan fingerprint density at radius 1 is 1.22 bits per heavy atom. The highest BCUT2D eigenvalue weighted by molar-refractivity contribution is 6.04. The SMILES string of the molecule is CC(C)c1[nH]ccc1C(=O)Nc1ccc(N2CCCCC2)cn1. The standard InChI is InChI=1S/C18H24N4O/c1-13(2)17-15(8-9-19-17)18(23)21-16-7-6-14(12-20-16)22-10-4-3-5-11-22/h6-9,12-13,19H,3-5,10-11H2,1-2H3,(H,20,21,23). The Morgan fingerprint density at radius 3 is 2.65 bits per heavy atom. The summed E-state index contributed by atoms with van der Waals surface area (Å²) in [5.74, 6) is 0.750. The van der Waals surface area contributed by atoms with E-state index in [0.29, 0.717) is 11.4 Å². The van der Waals surface area contributed by atoms with Crippen LogP contribution in [0.15, 0.2) is 30.6 Å². The summed E-state index contributed by atoms with van der Waals surface area (Å²) in [4.78, 5) is 22.3. The van der Waals surface area contributed by atoms with Crippen LogP contribution in [0.3, 0.4) is 0 Å². The summed E-state index contributed by atoms with van der Waals surface area (Å²) in [6.45, 7) is 6.31. The van der Waals surface area contributed by atoms with E-state index < -0.39 is 0 Å². The Balaban J connectivity index is 1.68. The van der Waals surface area contributed by atoms with E-state index in [4.69, 9.17) is 0 Å². The fourth-order valence-corrected chi connectivity index (χ4v) is 3.04. The van der Waals surface area contributed by atoms with Crippen LogP contribution >= 0.6 is 0 Å². The average Bonchev–Trinajstić information content (AvgIpc) is 3.06. The second-order valence-electron chi connectivity index (χ2n) is 6.36. The molecule has 2 N–H and O–H groups in total. The predicted octanol–water partition coefficient (Wildman–Crippen LogP) is 3.78. The molecule has 0 saturated carbocycles. The van der Waals surface area contributed by atoms with Crippen molar-refractivity contribution in [2.45, 2.75) is 39.0 Å². The molecule has 0 spiro atoms. The first-order valence-corrected chi connectivity index (χ1v) is 8.35. The highest BCUT2D eigenvalue weighted by Crippen LogP contribution is 2.21. The summed E-state index contributed by atoms with van der Waals surface area (Å²) in [7, 11) is 0. The number of carbonyl (C=O) groups is 1. The van der Waals surface area contributed by atoms with Crippen LogP contribution in [0.1, 0.15) is 55.1 Å². The number of amides is 1. The third-order valence-electron chi connectivity index (χ3n) is 4.31. The quantitative estimate of drug-likeness (QED) is 0.903. The molecule has 3 rings (SSSR count). The molecule has 2 aromatic heterocycles. The van der Waals surface area contributed by atoms with Gasteiger partial charge in [-0.15, -0.1) is 0 Å². The molecule has 0 aliphatic carbocycles. The fourth-order valence-electron chi connectivity index (χ4n) is 3.04. The molecule has 0 unspecified atom stereocenters. The lowest BCUT2D eigenvalue weighted by atomic mass is 10.1. The monoisotopic (exact) mass is 312 g/mol. The van der Waals surface area contributed by atoms with Gasteiger partial charge in [-0.2, -0.15) is 0 Å². The van der Waals surface area contributed by atoms with Crippen molar-refractivity contribution in [3.8, 4) is 0 Å². The van der Waals surface area contributed by atoms with Gasteiger partial charge in [-0.3, -0.25) is 4.79 Å². The van der Waals surface area contributed by atoms with Crippen LogP contribution in [0.25, 0.3) is 0 Å². The Kier molecular flexibility index (Phi) is 4.65. The smallest absolute Gasteiger partial charge is 0.258 e. The van der Waals surface area contributed by atoms with Gasteiger partial charge in [-0.05, 0) is 43.4 Å². The minimum Gasteiger partial charge on any atom is -0.370 e. The molecule has 0 aromatic carbocycles. The lowest BCUT2D eigenvalue weighted by Crippen LogP contribution is -2.29. The third-order valence-corrected chi connectivity index (χ3v) is 4.31. The molecule has 0 bridgehead atoms. The number of anilines is 2. The Morgan fingerprint density at radius 2 is 2.00 bits per heavy atom. The van der Waals surface area contributed by atoms with Crippen LogP contribution in [-0.2, 0) is 0 Å². The van der Waals surface area contributed by atoms with Crippen molar-refractivity contribution in [3.63, 3.8) is 0 Å². The average molecular weight is 312 g/mol. The zero-order chi connectivity index (χ0) is 16.2. The van der Waals surface area contributed by atoms with E-state index in [1.807, 2.05) is 24.4 Å². The molecule has 1 fully saturated rings. The summed E-state index contributed by atoms with van der Waals surface area (Å²) < 4.78 is 0. The molecular formula is C18H24N4O. The number of aromatic nitrogens is 2. The van der Waals surface area contributed by atoms with Gasteiger partial charge in [-0.25, -0.2) is 4.98 Å². The van der Waals surface area contributed by atoms with Gasteiger partial charge in [0.05, 0.1) is 17.4 Å². The summed E-state index contributed by atoms with van der Waals surface area (Å²) in [5.41, 5.74) is 2.77. The Labute approximate surface area is 137 Å². The Bertz CT molecular complexity index is 654. The molecule has 1 saturated heterocycles. The largest absolute Gasteiger partial charge is 0.370 e. The van der Waals surface area contributed by atoms with Crippen LogP contribution in [0, 0.1) is 0 Å². The van der Waals surface area contributed by atoms with Gasteiger partial charge < -0.3 is 15.2 Å². The van der Waals surface area contributed by atoms with Crippen molar-refractivity contribution in [2.24, 2.45) is 0 Å². The molecule has 122 valence electrons. The van der Waals surface area contributed by atoms with Crippen molar-refractivity contribution in [3.05, 3.63) is 41.9 Å². The summed E-state index contributed by atoms with van der Waals surface area (Å²) >= 11 is 0. The molecule has 1 amide bonds. The maximum atomic E-state index is 12.4. The maximum absolute atomic E-state index is 12.4. The first-order chi connectivity index (χ1) is 11.1. The topological polar surface area (TPSA) is 61.0 Å². The maximum Gasteiger partial charge on any atom is 0.258 e. The number of carbonyl (C=O) groups excluding carboxylic acids is 1. The van der Waals surface area contributed by atoms with E-state index in [0.717, 1.165) is 24.5 Å². The highest BCUT2D eigenvalue weighted by atomic mass is 16.1. The fraction of sp³-hybridized carbons (Fsp3) is 0.444. The number of piperidine rings is 1. The number of hydrogen-bond donors (Lipinski definition) is 2. The number of H-pyrrole nitrogens is 1. The molecule has 0 atom stereocenters. The van der Waals surface area contributed by atoms with Crippen molar-refractivity contribution in [2.75, 3.05) is 23.3 Å². The minimum absolute atomic E-state index is 0.117. The van der Waals surface area contributed by atoms with Gasteiger partial charge in [-0.1, -0.05) is 13.8 Å². The molecule has 1 aliphatic rings. The van der Waals surface area contributed by atoms with Crippen LogP contribution in [0.5, 0.6) is 0 Å². The number of nitrogens with zero attached hydrogens (tertiary/aromatic N) is 2. The van der Waals surface area contributed by atoms with E-state index in [9.17, 15) is 4.79 Å². The zero-order valence-electron chi connectivity index (χ0n) is 13.8. The van der Waals surface area contributed by atoms with Crippen LogP contribution in [-0.4, -0.2) is 29.0 Å². The number of pyridine rings is 1. The normalized spacial score (nSPS) is 15.0. The predicted molar refractivity (Wildman–Crippen MR) is 93.1 cm³/mol. The lowest BCUT2D eigenvalue weighted by molar-refractivity contribution is 0.102. The Hall–Kier alpha value is -2.30. The molecule has 5 heteroatoms. The highest BCUT2D eigenvalue weighted by Gasteiger charge is 2.16. The number of nitrogens with one attached hydrogen (secondary N) is 2. The number of aromatic amines is 1. The first kappa shape index (κ1) is 15.6. The molecule has 1 aliphatic heterocycles. The minimum atomic E-state index is -0.117. The summed E-state index contributed by atoms with van der Waals surface area (Å²) in [6, 6.07) is 5.73. The van der Waals surface area contributed by atoms with E-state index in [1.54, 1.807) is 6.20 Å². The summed E-state index contributed by atoms with van der Waals surface area (Å²) in [5, 5.41) is 2.88. The van der Waals surface area contributed by atoms with Crippen molar-refractivity contribution in [1.29, 1.82) is 0 Å². The first-order valence-electron chi connectivity index (χ1n) is 8.35. The summed E-state index contributed by atoms with van der Waals surface area (Å²) in [6.07, 6.45) is 7.44. The van der Waals surface area contributed by atoms with Gasteiger partial charge in [0.15, 0.2) is 0 Å². The molecule has 5 nitrogen and oxygen atoms in total. The van der Waals surface area contributed by atoms with Crippen LogP contribution in [0.2, 0.25) is 0 Å². The molecule has 0 radical (unpaired) electrons. The second kappa shape index (κ2) is 6.86. The van der Waals surface area contributed by atoms with E-state index in [1.165, 1.54) is 19.3 Å². The molecule has 3 heterocycles. The third kappa shape index (κ3) is 3.55. The van der Waals surface area contributed by atoms with Gasteiger partial charge >= 0.3 is 0 Å². The number of hydrogen-bond acceptors (Lipinski definition) is 3. The van der Waals surface area contributed by atoms with Crippen molar-refractivity contribution >= 4 is 17.4 Å². The van der Waals surface area contributed by atoms with Crippen LogP contribution < -0.4 is 10.2 Å². The van der Waals surface area contributed by atoms with Gasteiger partial charge in [0.25, 0.3) is 5.91 Å². The van der Waals surface area contributed by atoms with Crippen LogP contribution in [0.4, 0.5) is 11.5 Å².